The molecule has 5 rings (SSSR count). The van der Waals surface area contributed by atoms with Gasteiger partial charge in [0.05, 0.1) is 25.1 Å². The Morgan fingerprint density at radius 1 is 1.06 bits per heavy atom. The number of pyridine rings is 1. The zero-order chi connectivity index (χ0) is 24.0. The number of nitrogens with zero attached hydrogens (tertiary/aromatic N) is 2. The molecule has 2 aliphatic rings. The van der Waals surface area contributed by atoms with Gasteiger partial charge >= 0.3 is 6.09 Å². The summed E-state index contributed by atoms with van der Waals surface area (Å²) in [4.78, 5) is 30.9. The minimum atomic E-state index is -0.672. The summed E-state index contributed by atoms with van der Waals surface area (Å²) in [6.07, 6.45) is 3.16. The minimum Gasteiger partial charge on any atom is -0.487 e. The summed E-state index contributed by atoms with van der Waals surface area (Å²) in [5.41, 5.74) is 2.98. The zero-order valence-electron chi connectivity index (χ0n) is 18.9. The number of aromatic nitrogens is 1. The SMILES string of the molecule is O=C(/C=C/c1ncc(OCc2ccccc2)cc1C1OCCO1)N1C(=O)OC[C@H]1c1ccccc1. The van der Waals surface area contributed by atoms with Crippen LogP contribution in [0.2, 0.25) is 0 Å². The van der Waals surface area contributed by atoms with Gasteiger partial charge in [0.1, 0.15) is 25.0 Å². The predicted octanol–water partition coefficient (Wildman–Crippen LogP) is 4.44. The second-order valence-corrected chi connectivity index (χ2v) is 8.04. The van der Waals surface area contributed by atoms with Crippen LogP contribution in [0.5, 0.6) is 5.75 Å². The van der Waals surface area contributed by atoms with Gasteiger partial charge in [-0.05, 0) is 23.3 Å². The van der Waals surface area contributed by atoms with Gasteiger partial charge in [0.2, 0.25) is 0 Å². The molecule has 0 saturated carbocycles. The van der Waals surface area contributed by atoms with Gasteiger partial charge in [0.15, 0.2) is 6.29 Å². The van der Waals surface area contributed by atoms with Crippen molar-refractivity contribution in [2.45, 2.75) is 18.9 Å². The second-order valence-electron chi connectivity index (χ2n) is 8.04. The van der Waals surface area contributed by atoms with E-state index in [9.17, 15) is 9.59 Å². The van der Waals surface area contributed by atoms with Gasteiger partial charge in [-0.1, -0.05) is 60.7 Å². The molecule has 2 aliphatic heterocycles. The van der Waals surface area contributed by atoms with E-state index in [1.165, 1.54) is 6.08 Å². The largest absolute Gasteiger partial charge is 0.487 e. The average molecular weight is 472 g/mol. The fourth-order valence-corrected chi connectivity index (χ4v) is 3.97. The third-order valence-electron chi connectivity index (χ3n) is 5.73. The van der Waals surface area contributed by atoms with Crippen molar-refractivity contribution in [2.24, 2.45) is 0 Å². The minimum absolute atomic E-state index is 0.114. The van der Waals surface area contributed by atoms with E-state index < -0.39 is 24.3 Å². The van der Waals surface area contributed by atoms with E-state index >= 15 is 0 Å². The van der Waals surface area contributed by atoms with Crippen LogP contribution in [0.4, 0.5) is 4.79 Å². The summed E-state index contributed by atoms with van der Waals surface area (Å²) < 4.78 is 22.4. The summed E-state index contributed by atoms with van der Waals surface area (Å²) in [7, 11) is 0. The Morgan fingerprint density at radius 3 is 2.51 bits per heavy atom. The molecule has 3 aromatic rings. The molecule has 2 aromatic carbocycles. The van der Waals surface area contributed by atoms with Crippen molar-refractivity contribution in [1.82, 2.24) is 9.88 Å². The lowest BCUT2D eigenvalue weighted by molar-refractivity contribution is -0.124. The molecule has 0 bridgehead atoms. The molecule has 0 unspecified atom stereocenters. The Balaban J connectivity index is 1.35. The molecule has 2 fully saturated rings. The van der Waals surface area contributed by atoms with E-state index in [2.05, 4.69) is 4.98 Å². The fourth-order valence-electron chi connectivity index (χ4n) is 3.97. The molecule has 0 N–H and O–H groups in total. The maximum atomic E-state index is 13.0. The first-order valence-electron chi connectivity index (χ1n) is 11.3. The van der Waals surface area contributed by atoms with Crippen molar-refractivity contribution in [2.75, 3.05) is 19.8 Å². The third-order valence-corrected chi connectivity index (χ3v) is 5.73. The Bertz CT molecular complexity index is 1210. The van der Waals surface area contributed by atoms with Gasteiger partial charge in [0.25, 0.3) is 5.91 Å². The molecular formula is C27H24N2O6. The van der Waals surface area contributed by atoms with E-state index in [1.807, 2.05) is 60.7 Å². The van der Waals surface area contributed by atoms with Crippen LogP contribution in [0.25, 0.3) is 6.08 Å². The van der Waals surface area contributed by atoms with Gasteiger partial charge in [-0.2, -0.15) is 0 Å². The van der Waals surface area contributed by atoms with Crippen LogP contribution in [0.15, 0.2) is 79.0 Å². The molecule has 178 valence electrons. The van der Waals surface area contributed by atoms with E-state index in [-0.39, 0.29) is 6.61 Å². The van der Waals surface area contributed by atoms with E-state index in [4.69, 9.17) is 18.9 Å². The van der Waals surface area contributed by atoms with Crippen LogP contribution in [0.1, 0.15) is 34.7 Å². The first-order valence-corrected chi connectivity index (χ1v) is 11.3. The molecule has 0 spiro atoms. The summed E-state index contributed by atoms with van der Waals surface area (Å²) in [5, 5.41) is 0. The van der Waals surface area contributed by atoms with Crippen LogP contribution in [-0.2, 0) is 25.6 Å². The quantitative estimate of drug-likeness (QED) is 0.470. The first kappa shape index (κ1) is 22.8. The molecule has 8 heteroatoms. The average Bonchev–Trinajstić information content (AvgIpc) is 3.58. The third kappa shape index (κ3) is 5.24. The van der Waals surface area contributed by atoms with Gasteiger partial charge in [-0.15, -0.1) is 0 Å². The standard InChI is InChI=1S/C27H24N2O6/c30-25(29-24(18-35-27(29)31)20-9-5-2-6-10-20)12-11-23-22(26-32-13-14-33-26)15-21(16-28-23)34-17-19-7-3-1-4-8-19/h1-12,15-16,24,26H,13-14,17-18H2/b12-11+/t24-/m0/s1. The summed E-state index contributed by atoms with van der Waals surface area (Å²) in [6, 6.07) is 20.4. The van der Waals surface area contributed by atoms with Crippen molar-refractivity contribution in [3.63, 3.8) is 0 Å². The van der Waals surface area contributed by atoms with Gasteiger partial charge < -0.3 is 18.9 Å². The van der Waals surface area contributed by atoms with Gasteiger partial charge in [-0.25, -0.2) is 9.69 Å². The van der Waals surface area contributed by atoms with Crippen LogP contribution in [0.3, 0.4) is 0 Å². The number of cyclic esters (lactones) is 1. The Morgan fingerprint density at radius 2 is 1.77 bits per heavy atom. The highest BCUT2D eigenvalue weighted by Crippen LogP contribution is 2.31. The number of benzene rings is 2. The van der Waals surface area contributed by atoms with E-state index in [1.54, 1.807) is 18.3 Å². The van der Waals surface area contributed by atoms with Crippen LogP contribution < -0.4 is 4.74 Å². The Hall–Kier alpha value is -4.01. The molecule has 2 amide bonds. The van der Waals surface area contributed by atoms with E-state index in [0.29, 0.717) is 36.8 Å². The smallest absolute Gasteiger partial charge is 0.417 e. The summed E-state index contributed by atoms with van der Waals surface area (Å²) >= 11 is 0. The van der Waals surface area contributed by atoms with Crippen molar-refractivity contribution in [3.8, 4) is 5.75 Å². The molecule has 3 heterocycles. The zero-order valence-corrected chi connectivity index (χ0v) is 18.9. The number of rotatable bonds is 7. The number of hydrogen-bond donors (Lipinski definition) is 0. The number of amides is 2. The first-order chi connectivity index (χ1) is 17.2. The molecule has 8 nitrogen and oxygen atoms in total. The Labute approximate surface area is 202 Å². The highest BCUT2D eigenvalue weighted by atomic mass is 16.7. The molecule has 35 heavy (non-hydrogen) atoms. The monoisotopic (exact) mass is 472 g/mol. The lowest BCUT2D eigenvalue weighted by Gasteiger charge is -2.18. The highest BCUT2D eigenvalue weighted by molar-refractivity contribution is 6.02. The van der Waals surface area contributed by atoms with Crippen molar-refractivity contribution in [3.05, 3.63) is 101 Å². The number of ether oxygens (including phenoxy) is 4. The molecule has 1 aromatic heterocycles. The second kappa shape index (κ2) is 10.5. The van der Waals surface area contributed by atoms with E-state index in [0.717, 1.165) is 16.0 Å². The van der Waals surface area contributed by atoms with Crippen LogP contribution in [0, 0.1) is 0 Å². The summed E-state index contributed by atoms with van der Waals surface area (Å²) in [5.74, 6) is 0.0606. The molecule has 0 aliphatic carbocycles. The lowest BCUT2D eigenvalue weighted by Crippen LogP contribution is -2.32. The maximum Gasteiger partial charge on any atom is 0.417 e. The molecule has 2 saturated heterocycles. The topological polar surface area (TPSA) is 87.2 Å². The number of hydrogen-bond acceptors (Lipinski definition) is 7. The van der Waals surface area contributed by atoms with Gasteiger partial charge in [0, 0.05) is 11.6 Å². The maximum absolute atomic E-state index is 13.0. The number of carbonyl (C=O) groups excluding carboxylic acids is 2. The molecule has 1 atom stereocenters. The highest BCUT2D eigenvalue weighted by Gasteiger charge is 2.37. The van der Waals surface area contributed by atoms with Crippen LogP contribution >= 0.6 is 0 Å². The lowest BCUT2D eigenvalue weighted by atomic mass is 10.1. The van der Waals surface area contributed by atoms with Crippen LogP contribution in [-0.4, -0.2) is 41.7 Å². The fraction of sp³-hybridized carbons (Fsp3) is 0.222. The summed E-state index contributed by atoms with van der Waals surface area (Å²) in [6.45, 7) is 1.42. The van der Waals surface area contributed by atoms with Crippen molar-refractivity contribution in [1.29, 1.82) is 0 Å². The predicted molar refractivity (Wildman–Crippen MR) is 126 cm³/mol. The van der Waals surface area contributed by atoms with Crippen molar-refractivity contribution < 1.29 is 28.5 Å². The number of imide groups is 1. The van der Waals surface area contributed by atoms with Crippen molar-refractivity contribution >= 4 is 18.1 Å². The number of carbonyl (C=O) groups is 2. The van der Waals surface area contributed by atoms with Gasteiger partial charge in [-0.3, -0.25) is 9.78 Å². The molecular weight excluding hydrogens is 448 g/mol. The Kier molecular flexibility index (Phi) is 6.83. The molecule has 0 radical (unpaired) electrons. The normalized spacial score (nSPS) is 18.2.